The molecule has 1 aliphatic heterocycles. The largest absolute Gasteiger partial charge is 0.494 e. The Labute approximate surface area is 177 Å². The number of nitrogens with zero attached hydrogens (tertiary/aromatic N) is 3. The standard InChI is InChI=1S/C23H31N3O4/c1-2-30-21-10-6-5-9-20(21)25-13-11-24(12-14-25)15-17(27)16-26-22(28)18-7-3-4-8-19(18)23(26)29/h3-6,9-10,17,27-29H,2,7-8,11-16H2,1H3. The van der Waals surface area contributed by atoms with Gasteiger partial charge >= 0.3 is 0 Å². The van der Waals surface area contributed by atoms with Crippen LogP contribution in [0.5, 0.6) is 17.5 Å². The van der Waals surface area contributed by atoms with Crippen LogP contribution < -0.4 is 9.64 Å². The van der Waals surface area contributed by atoms with Crippen molar-refractivity contribution < 1.29 is 20.1 Å². The summed E-state index contributed by atoms with van der Waals surface area (Å²) in [4.78, 5) is 4.54. The molecule has 1 saturated heterocycles. The highest BCUT2D eigenvalue weighted by Gasteiger charge is 2.26. The van der Waals surface area contributed by atoms with Gasteiger partial charge in [-0.15, -0.1) is 0 Å². The van der Waals surface area contributed by atoms with E-state index in [-0.39, 0.29) is 18.3 Å². The summed E-state index contributed by atoms with van der Waals surface area (Å²) < 4.78 is 7.20. The zero-order valence-electron chi connectivity index (χ0n) is 17.5. The Kier molecular flexibility index (Phi) is 6.20. The third-order valence-electron chi connectivity index (χ3n) is 5.97. The van der Waals surface area contributed by atoms with Crippen molar-refractivity contribution in [2.45, 2.75) is 32.4 Å². The second-order valence-corrected chi connectivity index (χ2v) is 7.94. The van der Waals surface area contributed by atoms with E-state index >= 15 is 0 Å². The number of aliphatic hydroxyl groups excluding tert-OH is 1. The van der Waals surface area contributed by atoms with E-state index in [1.807, 2.05) is 37.3 Å². The molecular formula is C23H31N3O4. The van der Waals surface area contributed by atoms with Gasteiger partial charge in [-0.3, -0.25) is 9.47 Å². The van der Waals surface area contributed by atoms with Crippen molar-refractivity contribution in [1.82, 2.24) is 9.47 Å². The normalized spacial score (nSPS) is 17.7. The fraction of sp³-hybridized carbons (Fsp3) is 0.478. The van der Waals surface area contributed by atoms with Crippen LogP contribution in [0.25, 0.3) is 0 Å². The highest BCUT2D eigenvalue weighted by Crippen LogP contribution is 2.37. The Balaban J connectivity index is 1.33. The van der Waals surface area contributed by atoms with E-state index in [1.165, 1.54) is 4.57 Å². The lowest BCUT2D eigenvalue weighted by Crippen LogP contribution is -2.49. The summed E-state index contributed by atoms with van der Waals surface area (Å²) in [6.45, 7) is 6.70. The van der Waals surface area contributed by atoms with Gasteiger partial charge in [0.2, 0.25) is 0 Å². The SMILES string of the molecule is CCOc1ccccc1N1CCN(CC(O)Cn2c(O)c3c(c2O)CC=CC3)CC1. The molecule has 0 spiro atoms. The number of para-hydroxylation sites is 2. The van der Waals surface area contributed by atoms with E-state index < -0.39 is 6.10 Å². The summed E-state index contributed by atoms with van der Waals surface area (Å²) in [5.41, 5.74) is 2.65. The lowest BCUT2D eigenvalue weighted by atomic mass is 10.0. The Morgan fingerprint density at radius 1 is 0.933 bits per heavy atom. The number of allylic oxidation sites excluding steroid dienone is 2. The molecular weight excluding hydrogens is 382 g/mol. The van der Waals surface area contributed by atoms with Crippen LogP contribution in [0.2, 0.25) is 0 Å². The van der Waals surface area contributed by atoms with Gasteiger partial charge in [-0.2, -0.15) is 0 Å². The molecule has 2 heterocycles. The van der Waals surface area contributed by atoms with E-state index in [2.05, 4.69) is 15.9 Å². The number of aliphatic hydroxyl groups is 1. The number of ether oxygens (including phenoxy) is 1. The molecule has 1 aromatic carbocycles. The van der Waals surface area contributed by atoms with Crippen molar-refractivity contribution in [2.75, 3.05) is 44.2 Å². The molecule has 0 amide bonds. The highest BCUT2D eigenvalue weighted by molar-refractivity contribution is 5.58. The topological polar surface area (TPSA) is 81.3 Å². The van der Waals surface area contributed by atoms with E-state index in [0.717, 1.165) is 48.7 Å². The monoisotopic (exact) mass is 413 g/mol. The molecule has 0 radical (unpaired) electrons. The first-order chi connectivity index (χ1) is 14.6. The predicted octanol–water partition coefficient (Wildman–Crippen LogP) is 2.14. The molecule has 1 fully saturated rings. The highest BCUT2D eigenvalue weighted by atomic mass is 16.5. The summed E-state index contributed by atoms with van der Waals surface area (Å²) in [5.74, 6) is 1.05. The van der Waals surface area contributed by atoms with Crippen LogP contribution in [0.15, 0.2) is 36.4 Å². The Bertz CT molecular complexity index is 869. The third-order valence-corrected chi connectivity index (χ3v) is 5.97. The maximum absolute atomic E-state index is 10.6. The average Bonchev–Trinajstić information content (AvgIpc) is 3.00. The number of β-amino-alcohol motifs (C(OH)–C–C–N with tert-alkyl or cyclic N) is 1. The van der Waals surface area contributed by atoms with Crippen molar-refractivity contribution in [3.8, 4) is 17.5 Å². The van der Waals surface area contributed by atoms with Crippen LogP contribution in [0, 0.1) is 0 Å². The van der Waals surface area contributed by atoms with Gasteiger partial charge in [0.25, 0.3) is 0 Å². The molecule has 1 aliphatic carbocycles. The quantitative estimate of drug-likeness (QED) is 0.604. The number of hydrogen-bond donors (Lipinski definition) is 3. The molecule has 30 heavy (non-hydrogen) atoms. The molecule has 1 unspecified atom stereocenters. The van der Waals surface area contributed by atoms with Crippen LogP contribution in [0.3, 0.4) is 0 Å². The number of rotatable bonds is 7. The fourth-order valence-electron chi connectivity index (χ4n) is 4.43. The summed E-state index contributed by atoms with van der Waals surface area (Å²) in [6, 6.07) is 8.10. The summed E-state index contributed by atoms with van der Waals surface area (Å²) >= 11 is 0. The molecule has 0 bridgehead atoms. The molecule has 7 nitrogen and oxygen atoms in total. The zero-order valence-corrected chi connectivity index (χ0v) is 17.5. The molecule has 162 valence electrons. The zero-order chi connectivity index (χ0) is 21.1. The van der Waals surface area contributed by atoms with Gasteiger partial charge in [0, 0.05) is 43.9 Å². The van der Waals surface area contributed by atoms with Gasteiger partial charge in [0.1, 0.15) is 5.75 Å². The van der Waals surface area contributed by atoms with Crippen molar-refractivity contribution in [3.63, 3.8) is 0 Å². The summed E-state index contributed by atoms with van der Waals surface area (Å²) in [5, 5.41) is 31.6. The Morgan fingerprint density at radius 2 is 1.57 bits per heavy atom. The number of aromatic nitrogens is 1. The predicted molar refractivity (Wildman–Crippen MR) is 117 cm³/mol. The molecule has 1 atom stereocenters. The van der Waals surface area contributed by atoms with Crippen LogP contribution in [0.1, 0.15) is 18.1 Å². The van der Waals surface area contributed by atoms with Gasteiger partial charge < -0.3 is 25.0 Å². The Hall–Kier alpha value is -2.64. The van der Waals surface area contributed by atoms with Crippen molar-refractivity contribution >= 4 is 5.69 Å². The maximum atomic E-state index is 10.6. The lowest BCUT2D eigenvalue weighted by Gasteiger charge is -2.37. The van der Waals surface area contributed by atoms with Crippen LogP contribution in [-0.4, -0.2) is 70.2 Å². The fourth-order valence-corrected chi connectivity index (χ4v) is 4.43. The van der Waals surface area contributed by atoms with Crippen molar-refractivity contribution in [2.24, 2.45) is 0 Å². The smallest absolute Gasteiger partial charge is 0.197 e. The molecule has 1 aromatic heterocycles. The third kappa shape index (κ3) is 4.13. The minimum absolute atomic E-state index is 0.0725. The number of fused-ring (bicyclic) bond motifs is 1. The van der Waals surface area contributed by atoms with Crippen molar-refractivity contribution in [3.05, 3.63) is 47.5 Å². The van der Waals surface area contributed by atoms with Gasteiger partial charge in [-0.25, -0.2) is 0 Å². The first-order valence-corrected chi connectivity index (χ1v) is 10.7. The number of anilines is 1. The van der Waals surface area contributed by atoms with Gasteiger partial charge in [0.05, 0.1) is 24.9 Å². The first kappa shape index (κ1) is 20.6. The first-order valence-electron chi connectivity index (χ1n) is 10.7. The molecule has 2 aromatic rings. The maximum Gasteiger partial charge on any atom is 0.197 e. The average molecular weight is 414 g/mol. The minimum atomic E-state index is -0.675. The Morgan fingerprint density at radius 3 is 2.20 bits per heavy atom. The number of benzene rings is 1. The van der Waals surface area contributed by atoms with E-state index in [0.29, 0.717) is 26.0 Å². The number of aromatic hydroxyl groups is 2. The van der Waals surface area contributed by atoms with E-state index in [9.17, 15) is 15.3 Å². The second kappa shape index (κ2) is 9.02. The van der Waals surface area contributed by atoms with Gasteiger partial charge in [0.15, 0.2) is 11.8 Å². The minimum Gasteiger partial charge on any atom is -0.494 e. The van der Waals surface area contributed by atoms with Gasteiger partial charge in [-0.05, 0) is 31.9 Å². The molecule has 0 saturated carbocycles. The van der Waals surface area contributed by atoms with Gasteiger partial charge in [-0.1, -0.05) is 24.3 Å². The van der Waals surface area contributed by atoms with Crippen molar-refractivity contribution in [1.29, 1.82) is 0 Å². The molecule has 3 N–H and O–H groups in total. The molecule has 7 heteroatoms. The van der Waals surface area contributed by atoms with E-state index in [4.69, 9.17) is 4.74 Å². The van der Waals surface area contributed by atoms with Crippen LogP contribution >= 0.6 is 0 Å². The second-order valence-electron chi connectivity index (χ2n) is 7.94. The number of hydrogen-bond acceptors (Lipinski definition) is 6. The van der Waals surface area contributed by atoms with E-state index in [1.54, 1.807) is 0 Å². The van der Waals surface area contributed by atoms with Crippen LogP contribution in [0.4, 0.5) is 5.69 Å². The lowest BCUT2D eigenvalue weighted by molar-refractivity contribution is 0.0907. The number of piperazine rings is 1. The summed E-state index contributed by atoms with van der Waals surface area (Å²) in [7, 11) is 0. The molecule has 4 rings (SSSR count). The molecule has 2 aliphatic rings. The summed E-state index contributed by atoms with van der Waals surface area (Å²) in [6.07, 6.45) is 4.54. The van der Waals surface area contributed by atoms with Crippen LogP contribution in [-0.2, 0) is 19.4 Å².